The van der Waals surface area contributed by atoms with Gasteiger partial charge >= 0.3 is 0 Å². The summed E-state index contributed by atoms with van der Waals surface area (Å²) in [5.74, 6) is -0.299. The third-order valence-corrected chi connectivity index (χ3v) is 7.71. The second kappa shape index (κ2) is 8.47. The quantitative estimate of drug-likeness (QED) is 0.690. The number of carbonyl (C=O) groups is 1. The Hall–Kier alpha value is -1.49. The second-order valence-corrected chi connectivity index (χ2v) is 10.1. The molecule has 8 nitrogen and oxygen atoms in total. The lowest BCUT2D eigenvalue weighted by atomic mass is 10.1. The normalized spacial score (nSPS) is 17.2. The lowest BCUT2D eigenvalue weighted by Gasteiger charge is -2.31. The van der Waals surface area contributed by atoms with E-state index in [4.69, 9.17) is 0 Å². The van der Waals surface area contributed by atoms with Crippen molar-refractivity contribution >= 4 is 26.0 Å². The van der Waals surface area contributed by atoms with Crippen LogP contribution in [0.15, 0.2) is 29.2 Å². The van der Waals surface area contributed by atoms with Crippen LogP contribution in [0, 0.1) is 0 Å². The fourth-order valence-electron chi connectivity index (χ4n) is 2.81. The molecule has 0 radical (unpaired) electrons. The number of amides is 1. The van der Waals surface area contributed by atoms with E-state index in [0.717, 1.165) is 0 Å². The van der Waals surface area contributed by atoms with E-state index in [1.165, 1.54) is 22.5 Å². The summed E-state index contributed by atoms with van der Waals surface area (Å²) >= 11 is 0. The highest BCUT2D eigenvalue weighted by Gasteiger charge is 2.27. The number of piperidine rings is 1. The minimum absolute atomic E-state index is 0.0378. The topological polar surface area (TPSA) is 113 Å². The Morgan fingerprint density at radius 3 is 2.38 bits per heavy atom. The minimum Gasteiger partial charge on any atom is -0.349 e. The van der Waals surface area contributed by atoms with E-state index in [-0.39, 0.29) is 34.7 Å². The molecule has 1 heterocycles. The van der Waals surface area contributed by atoms with Gasteiger partial charge in [0.2, 0.25) is 20.0 Å². The molecule has 0 aromatic heterocycles. The summed E-state index contributed by atoms with van der Waals surface area (Å²) in [5.41, 5.74) is 0.257. The molecule has 1 aliphatic rings. The van der Waals surface area contributed by atoms with E-state index in [1.54, 1.807) is 19.9 Å². The third-order valence-electron chi connectivity index (χ3n) is 4.29. The van der Waals surface area contributed by atoms with Crippen molar-refractivity contribution in [3.63, 3.8) is 0 Å². The molecule has 0 saturated carbocycles. The highest BCUT2D eigenvalue weighted by Crippen LogP contribution is 2.16. The Morgan fingerprint density at radius 1 is 1.15 bits per heavy atom. The number of hydrogen-bond donors (Lipinski definition) is 2. The molecule has 26 heavy (non-hydrogen) atoms. The predicted octanol–water partition coefficient (Wildman–Crippen LogP) is 0.529. The van der Waals surface area contributed by atoms with Crippen molar-refractivity contribution in [3.05, 3.63) is 29.8 Å². The molecule has 1 aromatic carbocycles. The molecule has 2 N–H and O–H groups in total. The molecular weight excluding hydrogens is 378 g/mol. The molecule has 1 aromatic rings. The molecule has 1 amide bonds. The Labute approximate surface area is 155 Å². The summed E-state index contributed by atoms with van der Waals surface area (Å²) in [4.78, 5) is 12.5. The van der Waals surface area contributed by atoms with Crippen molar-refractivity contribution in [2.75, 3.05) is 25.4 Å². The molecule has 0 bridgehead atoms. The number of rotatable bonds is 7. The number of nitrogens with zero attached hydrogens (tertiary/aromatic N) is 1. The summed E-state index contributed by atoms with van der Waals surface area (Å²) in [6.45, 7) is 4.29. The molecule has 2 rings (SSSR count). The van der Waals surface area contributed by atoms with Gasteiger partial charge in [0.25, 0.3) is 5.91 Å². The largest absolute Gasteiger partial charge is 0.349 e. The summed E-state index contributed by atoms with van der Waals surface area (Å²) in [6, 6.07) is 5.71. The first-order chi connectivity index (χ1) is 12.2. The van der Waals surface area contributed by atoms with Crippen LogP contribution in [-0.4, -0.2) is 58.5 Å². The number of hydrogen-bond acceptors (Lipinski definition) is 5. The SMILES string of the molecule is CCNS(=O)(=O)c1cccc(C(=O)NC2CCN(S(=O)(=O)CC)CC2)c1. The average molecular weight is 404 g/mol. The zero-order valence-corrected chi connectivity index (χ0v) is 16.6. The van der Waals surface area contributed by atoms with Gasteiger partial charge < -0.3 is 5.32 Å². The smallest absolute Gasteiger partial charge is 0.251 e. The van der Waals surface area contributed by atoms with Crippen LogP contribution in [0.5, 0.6) is 0 Å². The van der Waals surface area contributed by atoms with Crippen LogP contribution in [0.4, 0.5) is 0 Å². The van der Waals surface area contributed by atoms with Crippen molar-refractivity contribution in [2.24, 2.45) is 0 Å². The molecule has 0 atom stereocenters. The van der Waals surface area contributed by atoms with Crippen LogP contribution in [-0.2, 0) is 20.0 Å². The first-order valence-electron chi connectivity index (χ1n) is 8.58. The van der Waals surface area contributed by atoms with Gasteiger partial charge in [-0.3, -0.25) is 4.79 Å². The standard InChI is InChI=1S/C16H25N3O5S2/c1-3-17-26(23,24)15-7-5-6-13(12-15)16(20)18-14-8-10-19(11-9-14)25(21,22)4-2/h5-7,12,14,17H,3-4,8-11H2,1-2H3,(H,18,20). The van der Waals surface area contributed by atoms with Crippen LogP contribution >= 0.6 is 0 Å². The number of sulfonamides is 2. The van der Waals surface area contributed by atoms with Gasteiger partial charge in [0.05, 0.1) is 10.6 Å². The first kappa shape index (κ1) is 20.8. The van der Waals surface area contributed by atoms with Gasteiger partial charge in [-0.05, 0) is 38.0 Å². The maximum atomic E-state index is 12.4. The Kier molecular flexibility index (Phi) is 6.78. The van der Waals surface area contributed by atoms with Crippen LogP contribution < -0.4 is 10.0 Å². The fraction of sp³-hybridized carbons (Fsp3) is 0.562. The van der Waals surface area contributed by atoms with Gasteiger partial charge in [-0.15, -0.1) is 0 Å². The van der Waals surface area contributed by atoms with E-state index >= 15 is 0 Å². The Balaban J connectivity index is 2.01. The molecule has 10 heteroatoms. The van der Waals surface area contributed by atoms with Crippen molar-refractivity contribution in [3.8, 4) is 0 Å². The van der Waals surface area contributed by atoms with Crippen molar-refractivity contribution < 1.29 is 21.6 Å². The van der Waals surface area contributed by atoms with Crippen LogP contribution in [0.1, 0.15) is 37.0 Å². The van der Waals surface area contributed by atoms with Gasteiger partial charge in [0.1, 0.15) is 0 Å². The molecule has 0 unspecified atom stereocenters. The fourth-order valence-corrected chi connectivity index (χ4v) is 5.03. The summed E-state index contributed by atoms with van der Waals surface area (Å²) in [7, 11) is -6.84. The summed E-state index contributed by atoms with van der Waals surface area (Å²) in [6.07, 6.45) is 1.06. The monoisotopic (exact) mass is 403 g/mol. The van der Waals surface area contributed by atoms with Gasteiger partial charge in [0, 0.05) is 31.2 Å². The van der Waals surface area contributed by atoms with E-state index in [9.17, 15) is 21.6 Å². The molecule has 0 aliphatic carbocycles. The Bertz CT molecular complexity index is 844. The lowest BCUT2D eigenvalue weighted by molar-refractivity contribution is 0.0923. The van der Waals surface area contributed by atoms with Crippen LogP contribution in [0.25, 0.3) is 0 Å². The van der Waals surface area contributed by atoms with E-state index < -0.39 is 20.0 Å². The van der Waals surface area contributed by atoms with E-state index in [1.807, 2.05) is 0 Å². The van der Waals surface area contributed by atoms with E-state index in [2.05, 4.69) is 10.0 Å². The summed E-state index contributed by atoms with van der Waals surface area (Å²) in [5, 5.41) is 2.86. The zero-order chi connectivity index (χ0) is 19.4. The number of nitrogens with one attached hydrogen (secondary N) is 2. The number of carbonyl (C=O) groups excluding carboxylic acids is 1. The predicted molar refractivity (Wildman–Crippen MR) is 98.8 cm³/mol. The molecule has 1 fully saturated rings. The van der Waals surface area contributed by atoms with E-state index in [0.29, 0.717) is 25.9 Å². The molecule has 1 saturated heterocycles. The highest BCUT2D eigenvalue weighted by atomic mass is 32.2. The van der Waals surface area contributed by atoms with Crippen molar-refractivity contribution in [1.29, 1.82) is 0 Å². The zero-order valence-electron chi connectivity index (χ0n) is 14.9. The highest BCUT2D eigenvalue weighted by molar-refractivity contribution is 7.89. The van der Waals surface area contributed by atoms with Gasteiger partial charge in [-0.2, -0.15) is 0 Å². The minimum atomic E-state index is -3.63. The average Bonchev–Trinajstić information content (AvgIpc) is 2.62. The molecule has 1 aliphatic heterocycles. The molecule has 0 spiro atoms. The van der Waals surface area contributed by atoms with Crippen LogP contribution in [0.2, 0.25) is 0 Å². The van der Waals surface area contributed by atoms with Gasteiger partial charge in [-0.1, -0.05) is 13.0 Å². The van der Waals surface area contributed by atoms with Crippen LogP contribution in [0.3, 0.4) is 0 Å². The molecular formula is C16H25N3O5S2. The lowest BCUT2D eigenvalue weighted by Crippen LogP contribution is -2.46. The third kappa shape index (κ3) is 5.03. The Morgan fingerprint density at radius 2 is 1.81 bits per heavy atom. The number of benzene rings is 1. The second-order valence-electron chi connectivity index (χ2n) is 6.08. The van der Waals surface area contributed by atoms with Gasteiger partial charge in [0.15, 0.2) is 0 Å². The van der Waals surface area contributed by atoms with Crippen molar-refractivity contribution in [1.82, 2.24) is 14.3 Å². The molecule has 146 valence electrons. The van der Waals surface area contributed by atoms with Crippen molar-refractivity contribution in [2.45, 2.75) is 37.6 Å². The first-order valence-corrected chi connectivity index (χ1v) is 11.7. The summed E-state index contributed by atoms with van der Waals surface area (Å²) < 4.78 is 51.7. The maximum absolute atomic E-state index is 12.4. The van der Waals surface area contributed by atoms with Gasteiger partial charge in [-0.25, -0.2) is 25.9 Å². The maximum Gasteiger partial charge on any atom is 0.251 e.